The maximum absolute atomic E-state index is 11.4. The lowest BCUT2D eigenvalue weighted by molar-refractivity contribution is -0.139. The molecule has 4 heteroatoms. The summed E-state index contributed by atoms with van der Waals surface area (Å²) in [5, 5.41) is 16.6. The normalized spacial score (nSPS) is 18.3. The van der Waals surface area contributed by atoms with Crippen LogP contribution in [0.3, 0.4) is 0 Å². The summed E-state index contributed by atoms with van der Waals surface area (Å²) in [6.45, 7) is 0. The Labute approximate surface area is 105 Å². The molecule has 1 aliphatic rings. The smallest absolute Gasteiger partial charge is 0.311 e. The largest absolute Gasteiger partial charge is 0.481 e. The third kappa shape index (κ3) is 1.70. The molecule has 18 heavy (non-hydrogen) atoms. The third-order valence-corrected chi connectivity index (χ3v) is 3.50. The molecule has 0 radical (unpaired) electrons. The van der Waals surface area contributed by atoms with E-state index in [4.69, 9.17) is 0 Å². The molecule has 0 unspecified atom stereocenters. The molecule has 2 aromatic rings. The molecule has 1 aromatic heterocycles. The Balaban J connectivity index is 2.13. The van der Waals surface area contributed by atoms with Gasteiger partial charge in [-0.15, -0.1) is 0 Å². The Kier molecular flexibility index (Phi) is 2.63. The number of fused-ring (bicyclic) bond motifs is 1. The van der Waals surface area contributed by atoms with Crippen molar-refractivity contribution in [2.75, 3.05) is 0 Å². The Morgan fingerprint density at radius 3 is 2.83 bits per heavy atom. The SMILES string of the molecule is O=C(O)[C@@H]1CCCc2[nH]nc(-c3ccccc3)c21. The number of rotatable bonds is 2. The molecule has 0 bridgehead atoms. The number of benzene rings is 1. The summed E-state index contributed by atoms with van der Waals surface area (Å²) >= 11 is 0. The molecule has 1 atom stereocenters. The van der Waals surface area contributed by atoms with E-state index in [0.29, 0.717) is 6.42 Å². The highest BCUT2D eigenvalue weighted by Gasteiger charge is 2.31. The summed E-state index contributed by atoms with van der Waals surface area (Å²) < 4.78 is 0. The summed E-state index contributed by atoms with van der Waals surface area (Å²) in [5.74, 6) is -1.18. The highest BCUT2D eigenvalue weighted by Crippen LogP contribution is 2.37. The van der Waals surface area contributed by atoms with Gasteiger partial charge in [0.1, 0.15) is 0 Å². The van der Waals surface area contributed by atoms with Crippen LogP contribution < -0.4 is 0 Å². The van der Waals surface area contributed by atoms with Crippen molar-refractivity contribution < 1.29 is 9.90 Å². The van der Waals surface area contributed by atoms with Crippen LogP contribution in [-0.4, -0.2) is 21.3 Å². The minimum atomic E-state index is -0.755. The van der Waals surface area contributed by atoms with Crippen molar-refractivity contribution in [1.82, 2.24) is 10.2 Å². The summed E-state index contributed by atoms with van der Waals surface area (Å²) in [6, 6.07) is 9.75. The summed E-state index contributed by atoms with van der Waals surface area (Å²) in [6.07, 6.45) is 2.49. The second kappa shape index (κ2) is 4.29. The Hall–Kier alpha value is -2.10. The molecule has 0 saturated carbocycles. The number of carbonyl (C=O) groups is 1. The fourth-order valence-corrected chi connectivity index (χ4v) is 2.64. The number of aliphatic carboxylic acids is 1. The van der Waals surface area contributed by atoms with Crippen LogP contribution in [0.5, 0.6) is 0 Å². The third-order valence-electron chi connectivity index (χ3n) is 3.50. The van der Waals surface area contributed by atoms with Crippen LogP contribution >= 0.6 is 0 Å². The number of hydrogen-bond donors (Lipinski definition) is 2. The van der Waals surface area contributed by atoms with Gasteiger partial charge in [0.15, 0.2) is 0 Å². The zero-order valence-electron chi connectivity index (χ0n) is 9.89. The second-order valence-electron chi connectivity index (χ2n) is 4.61. The zero-order valence-corrected chi connectivity index (χ0v) is 9.89. The maximum atomic E-state index is 11.4. The van der Waals surface area contributed by atoms with Gasteiger partial charge in [0.25, 0.3) is 0 Å². The Morgan fingerprint density at radius 1 is 1.33 bits per heavy atom. The highest BCUT2D eigenvalue weighted by molar-refractivity contribution is 5.81. The van der Waals surface area contributed by atoms with Crippen molar-refractivity contribution in [3.8, 4) is 11.3 Å². The van der Waals surface area contributed by atoms with Crippen molar-refractivity contribution >= 4 is 5.97 Å². The fraction of sp³-hybridized carbons (Fsp3) is 0.286. The molecule has 0 spiro atoms. The number of aryl methyl sites for hydroxylation is 1. The number of nitrogens with one attached hydrogen (secondary N) is 1. The molecule has 1 aliphatic carbocycles. The van der Waals surface area contributed by atoms with E-state index < -0.39 is 11.9 Å². The molecule has 3 rings (SSSR count). The van der Waals surface area contributed by atoms with Crippen LogP contribution in [0.15, 0.2) is 30.3 Å². The molecular weight excluding hydrogens is 228 g/mol. The molecule has 2 N–H and O–H groups in total. The van der Waals surface area contributed by atoms with Crippen LogP contribution in [0.1, 0.15) is 30.0 Å². The summed E-state index contributed by atoms with van der Waals surface area (Å²) in [4.78, 5) is 11.4. The molecule has 0 saturated heterocycles. The number of carboxylic acids is 1. The van der Waals surface area contributed by atoms with Gasteiger partial charge in [0.05, 0.1) is 11.6 Å². The van der Waals surface area contributed by atoms with Gasteiger partial charge in [-0.3, -0.25) is 9.89 Å². The van der Waals surface area contributed by atoms with Crippen LogP contribution in [0.25, 0.3) is 11.3 Å². The second-order valence-corrected chi connectivity index (χ2v) is 4.61. The van der Waals surface area contributed by atoms with E-state index in [1.54, 1.807) is 0 Å². The van der Waals surface area contributed by atoms with Crippen LogP contribution in [0, 0.1) is 0 Å². The van der Waals surface area contributed by atoms with Gasteiger partial charge in [-0.1, -0.05) is 30.3 Å². The first-order valence-electron chi connectivity index (χ1n) is 6.12. The predicted octanol–water partition coefficient (Wildman–Crippen LogP) is 2.58. The van der Waals surface area contributed by atoms with Crippen molar-refractivity contribution in [3.63, 3.8) is 0 Å². The van der Waals surface area contributed by atoms with Crippen molar-refractivity contribution in [3.05, 3.63) is 41.6 Å². The van der Waals surface area contributed by atoms with Crippen molar-refractivity contribution in [2.24, 2.45) is 0 Å². The molecule has 0 aliphatic heterocycles. The van der Waals surface area contributed by atoms with Crippen molar-refractivity contribution in [2.45, 2.75) is 25.2 Å². The van der Waals surface area contributed by atoms with Gasteiger partial charge >= 0.3 is 5.97 Å². The summed E-state index contributed by atoms with van der Waals surface area (Å²) in [7, 11) is 0. The van der Waals surface area contributed by atoms with Crippen LogP contribution in [0.4, 0.5) is 0 Å². The van der Waals surface area contributed by atoms with E-state index in [0.717, 1.165) is 35.4 Å². The molecule has 4 nitrogen and oxygen atoms in total. The lowest BCUT2D eigenvalue weighted by Crippen LogP contribution is -2.17. The molecule has 92 valence electrons. The highest BCUT2D eigenvalue weighted by atomic mass is 16.4. The monoisotopic (exact) mass is 242 g/mol. The van der Waals surface area contributed by atoms with Gasteiger partial charge < -0.3 is 5.11 Å². The van der Waals surface area contributed by atoms with E-state index >= 15 is 0 Å². The number of aromatic nitrogens is 2. The molecule has 0 fully saturated rings. The lowest BCUT2D eigenvalue weighted by Gasteiger charge is -2.19. The topological polar surface area (TPSA) is 66.0 Å². The van der Waals surface area contributed by atoms with Crippen LogP contribution in [-0.2, 0) is 11.2 Å². The minimum absolute atomic E-state index is 0.428. The molecule has 0 amide bonds. The molecular formula is C14H14N2O2. The van der Waals surface area contributed by atoms with Gasteiger partial charge in [-0.05, 0) is 19.3 Å². The Bertz CT molecular complexity index is 575. The number of hydrogen-bond acceptors (Lipinski definition) is 2. The number of H-pyrrole nitrogens is 1. The zero-order chi connectivity index (χ0) is 12.5. The van der Waals surface area contributed by atoms with E-state index in [-0.39, 0.29) is 0 Å². The van der Waals surface area contributed by atoms with Gasteiger partial charge in [0, 0.05) is 16.8 Å². The first kappa shape index (κ1) is 11.0. The number of nitrogens with zero attached hydrogens (tertiary/aromatic N) is 1. The van der Waals surface area contributed by atoms with E-state index in [9.17, 15) is 9.90 Å². The van der Waals surface area contributed by atoms with Crippen molar-refractivity contribution in [1.29, 1.82) is 0 Å². The predicted molar refractivity (Wildman–Crippen MR) is 67.3 cm³/mol. The van der Waals surface area contributed by atoms with Crippen LogP contribution in [0.2, 0.25) is 0 Å². The number of carboxylic acid groups (broad SMARTS) is 1. The van der Waals surface area contributed by atoms with Gasteiger partial charge in [-0.2, -0.15) is 5.10 Å². The average Bonchev–Trinajstić information content (AvgIpc) is 2.83. The van der Waals surface area contributed by atoms with E-state index in [1.165, 1.54) is 0 Å². The quantitative estimate of drug-likeness (QED) is 0.850. The van der Waals surface area contributed by atoms with Gasteiger partial charge in [-0.25, -0.2) is 0 Å². The first-order chi connectivity index (χ1) is 8.77. The molecule has 1 heterocycles. The fourth-order valence-electron chi connectivity index (χ4n) is 2.64. The number of aromatic amines is 1. The average molecular weight is 242 g/mol. The molecule has 1 aromatic carbocycles. The van der Waals surface area contributed by atoms with E-state index in [1.807, 2.05) is 30.3 Å². The summed E-state index contributed by atoms with van der Waals surface area (Å²) in [5.41, 5.74) is 3.62. The van der Waals surface area contributed by atoms with Gasteiger partial charge in [0.2, 0.25) is 0 Å². The van der Waals surface area contributed by atoms with E-state index in [2.05, 4.69) is 10.2 Å². The maximum Gasteiger partial charge on any atom is 0.311 e. The first-order valence-corrected chi connectivity index (χ1v) is 6.12. The Morgan fingerprint density at radius 2 is 2.11 bits per heavy atom. The minimum Gasteiger partial charge on any atom is -0.481 e. The standard InChI is InChI=1S/C14H14N2O2/c17-14(18)10-7-4-8-11-12(10)13(16-15-11)9-5-2-1-3-6-9/h1-3,5-6,10H,4,7-8H2,(H,15,16)(H,17,18)/t10-/m1/s1. The lowest BCUT2D eigenvalue weighted by atomic mass is 9.84.